The van der Waals surface area contributed by atoms with Gasteiger partial charge >= 0.3 is 0 Å². The number of nitrogens with zero attached hydrogens (tertiary/aromatic N) is 3. The molecule has 0 fully saturated rings. The molecule has 0 aliphatic rings. The van der Waals surface area contributed by atoms with Crippen molar-refractivity contribution in [2.45, 2.75) is 13.5 Å². The molecule has 0 unspecified atom stereocenters. The van der Waals surface area contributed by atoms with Crippen LogP contribution in [-0.4, -0.2) is 19.5 Å². The largest absolute Gasteiger partial charge is 0.315 e. The lowest BCUT2D eigenvalue weighted by atomic mass is 10.5. The van der Waals surface area contributed by atoms with Crippen LogP contribution in [-0.2, 0) is 6.54 Å². The van der Waals surface area contributed by atoms with Crippen molar-refractivity contribution in [2.75, 3.05) is 0 Å². The monoisotopic (exact) mass is 182 g/mol. The minimum atomic E-state index is -0.882. The van der Waals surface area contributed by atoms with Crippen LogP contribution in [0.3, 0.4) is 0 Å². The standard InChI is InChI=1S/C7H7FN4O/c1-2-12-3-9-4-5(12)10-7(8)11-6(4)13/h3H,2H2,1H3,(H,10,11,13). The van der Waals surface area contributed by atoms with Gasteiger partial charge in [0.15, 0.2) is 11.2 Å². The fourth-order valence-electron chi connectivity index (χ4n) is 1.16. The van der Waals surface area contributed by atoms with Crippen molar-refractivity contribution >= 4 is 11.2 Å². The predicted octanol–water partition coefficient (Wildman–Crippen LogP) is 0.279. The molecule has 6 heteroatoms. The number of aromatic amines is 1. The molecule has 0 bridgehead atoms. The van der Waals surface area contributed by atoms with Crippen LogP contribution in [0.25, 0.3) is 11.2 Å². The summed E-state index contributed by atoms with van der Waals surface area (Å²) in [6.45, 7) is 2.47. The first-order valence-corrected chi connectivity index (χ1v) is 3.83. The van der Waals surface area contributed by atoms with E-state index in [4.69, 9.17) is 0 Å². The summed E-state index contributed by atoms with van der Waals surface area (Å²) in [5.74, 6) is 0. The lowest BCUT2D eigenvalue weighted by Crippen LogP contribution is -2.11. The number of fused-ring (bicyclic) bond motifs is 1. The van der Waals surface area contributed by atoms with Crippen molar-refractivity contribution in [1.29, 1.82) is 0 Å². The zero-order chi connectivity index (χ0) is 9.42. The molecule has 0 aliphatic carbocycles. The quantitative estimate of drug-likeness (QED) is 0.644. The average molecular weight is 182 g/mol. The smallest absolute Gasteiger partial charge is 0.291 e. The minimum absolute atomic E-state index is 0.170. The second-order valence-corrected chi connectivity index (χ2v) is 2.56. The van der Waals surface area contributed by atoms with Crippen LogP contribution in [0.4, 0.5) is 4.39 Å². The van der Waals surface area contributed by atoms with E-state index in [0.29, 0.717) is 6.54 Å². The number of halogens is 1. The Bertz CT molecular complexity index is 501. The molecule has 0 amide bonds. The first-order chi connectivity index (χ1) is 6.22. The molecule has 1 N–H and O–H groups in total. The third-order valence-electron chi connectivity index (χ3n) is 1.79. The van der Waals surface area contributed by atoms with Gasteiger partial charge in [-0.2, -0.15) is 9.37 Å². The summed E-state index contributed by atoms with van der Waals surface area (Å²) in [7, 11) is 0. The number of aromatic nitrogens is 4. The summed E-state index contributed by atoms with van der Waals surface area (Å²) >= 11 is 0. The van der Waals surface area contributed by atoms with Gasteiger partial charge in [-0.05, 0) is 6.92 Å². The molecule has 5 nitrogen and oxygen atoms in total. The molecule has 0 saturated heterocycles. The lowest BCUT2D eigenvalue weighted by molar-refractivity contribution is 0.537. The minimum Gasteiger partial charge on any atom is -0.315 e. The zero-order valence-electron chi connectivity index (χ0n) is 6.91. The third-order valence-corrected chi connectivity index (χ3v) is 1.79. The summed E-state index contributed by atoms with van der Waals surface area (Å²) in [5, 5.41) is 0. The van der Waals surface area contributed by atoms with E-state index in [1.807, 2.05) is 11.9 Å². The van der Waals surface area contributed by atoms with Crippen molar-refractivity contribution < 1.29 is 4.39 Å². The van der Waals surface area contributed by atoms with Gasteiger partial charge in [0.2, 0.25) is 0 Å². The molecular formula is C7H7FN4O. The normalized spacial score (nSPS) is 10.9. The summed E-state index contributed by atoms with van der Waals surface area (Å²) in [6, 6.07) is 0. The van der Waals surface area contributed by atoms with E-state index in [0.717, 1.165) is 0 Å². The van der Waals surface area contributed by atoms with E-state index in [9.17, 15) is 9.18 Å². The van der Waals surface area contributed by atoms with Crippen LogP contribution in [0.2, 0.25) is 0 Å². The predicted molar refractivity (Wildman–Crippen MR) is 43.8 cm³/mol. The molecular weight excluding hydrogens is 175 g/mol. The summed E-state index contributed by atoms with van der Waals surface area (Å²) in [5.41, 5.74) is -0.0956. The molecule has 0 atom stereocenters. The number of hydrogen-bond acceptors (Lipinski definition) is 3. The second-order valence-electron chi connectivity index (χ2n) is 2.56. The van der Waals surface area contributed by atoms with E-state index in [1.54, 1.807) is 4.57 Å². The highest BCUT2D eigenvalue weighted by Gasteiger charge is 2.08. The number of H-pyrrole nitrogens is 1. The summed E-state index contributed by atoms with van der Waals surface area (Å²) < 4.78 is 14.3. The van der Waals surface area contributed by atoms with Crippen molar-refractivity contribution in [3.63, 3.8) is 0 Å². The fraction of sp³-hybridized carbons (Fsp3) is 0.286. The maximum absolute atomic E-state index is 12.7. The molecule has 0 aliphatic heterocycles. The van der Waals surface area contributed by atoms with Crippen LogP contribution >= 0.6 is 0 Å². The Balaban J connectivity index is 2.90. The van der Waals surface area contributed by atoms with Crippen LogP contribution in [0, 0.1) is 6.08 Å². The van der Waals surface area contributed by atoms with Crippen molar-refractivity contribution in [3.05, 3.63) is 22.8 Å². The number of imidazole rings is 1. The Hall–Kier alpha value is -1.72. The SMILES string of the molecule is CCn1cnc2c(=O)[nH]c(F)nc21. The maximum Gasteiger partial charge on any atom is 0.291 e. The van der Waals surface area contributed by atoms with Gasteiger partial charge in [-0.3, -0.25) is 9.78 Å². The lowest BCUT2D eigenvalue weighted by Gasteiger charge is -1.95. The Morgan fingerprint density at radius 1 is 1.69 bits per heavy atom. The molecule has 0 spiro atoms. The molecule has 0 radical (unpaired) electrons. The average Bonchev–Trinajstić information content (AvgIpc) is 2.47. The van der Waals surface area contributed by atoms with Crippen LogP contribution in [0.5, 0.6) is 0 Å². The van der Waals surface area contributed by atoms with E-state index in [2.05, 4.69) is 9.97 Å². The molecule has 2 rings (SSSR count). The highest BCUT2D eigenvalue weighted by Crippen LogP contribution is 2.03. The Morgan fingerprint density at radius 3 is 3.15 bits per heavy atom. The number of aryl methyl sites for hydroxylation is 1. The highest BCUT2D eigenvalue weighted by atomic mass is 19.1. The van der Waals surface area contributed by atoms with E-state index >= 15 is 0 Å². The van der Waals surface area contributed by atoms with Crippen LogP contribution < -0.4 is 5.56 Å². The molecule has 2 heterocycles. The van der Waals surface area contributed by atoms with Gasteiger partial charge in [-0.15, -0.1) is 0 Å². The molecule has 2 aromatic heterocycles. The maximum atomic E-state index is 12.7. The van der Waals surface area contributed by atoms with Gasteiger partial charge in [0, 0.05) is 6.54 Å². The summed E-state index contributed by atoms with van der Waals surface area (Å²) in [6.07, 6.45) is 0.583. The molecule has 2 aromatic rings. The van der Waals surface area contributed by atoms with Gasteiger partial charge in [-0.1, -0.05) is 0 Å². The number of rotatable bonds is 1. The van der Waals surface area contributed by atoms with Gasteiger partial charge in [0.05, 0.1) is 6.33 Å². The Morgan fingerprint density at radius 2 is 2.46 bits per heavy atom. The Labute approximate surface area is 72.2 Å². The van der Waals surface area contributed by atoms with Gasteiger partial charge < -0.3 is 4.57 Å². The van der Waals surface area contributed by atoms with Gasteiger partial charge in [-0.25, -0.2) is 4.98 Å². The highest BCUT2D eigenvalue weighted by molar-refractivity contribution is 5.68. The van der Waals surface area contributed by atoms with Crippen molar-refractivity contribution in [2.24, 2.45) is 0 Å². The van der Waals surface area contributed by atoms with Gasteiger partial charge in [0.25, 0.3) is 11.6 Å². The van der Waals surface area contributed by atoms with E-state index in [1.165, 1.54) is 6.33 Å². The van der Waals surface area contributed by atoms with Crippen molar-refractivity contribution in [1.82, 2.24) is 19.5 Å². The number of hydrogen-bond donors (Lipinski definition) is 1. The molecule has 0 saturated carbocycles. The van der Waals surface area contributed by atoms with Crippen LogP contribution in [0.1, 0.15) is 6.92 Å². The van der Waals surface area contributed by atoms with E-state index < -0.39 is 11.6 Å². The first kappa shape index (κ1) is 7.90. The second kappa shape index (κ2) is 2.65. The topological polar surface area (TPSA) is 63.6 Å². The molecule has 13 heavy (non-hydrogen) atoms. The molecule has 0 aromatic carbocycles. The Kier molecular flexibility index (Phi) is 1.61. The van der Waals surface area contributed by atoms with Gasteiger partial charge in [0.1, 0.15) is 0 Å². The fourth-order valence-corrected chi connectivity index (χ4v) is 1.16. The van der Waals surface area contributed by atoms with E-state index in [-0.39, 0.29) is 11.2 Å². The zero-order valence-corrected chi connectivity index (χ0v) is 6.91. The van der Waals surface area contributed by atoms with Crippen LogP contribution in [0.15, 0.2) is 11.1 Å². The summed E-state index contributed by atoms with van der Waals surface area (Å²) in [4.78, 5) is 20.4. The number of nitrogens with one attached hydrogen (secondary N) is 1. The third kappa shape index (κ3) is 1.10. The first-order valence-electron chi connectivity index (χ1n) is 3.83. The van der Waals surface area contributed by atoms with Crippen molar-refractivity contribution in [3.8, 4) is 0 Å². The molecule has 68 valence electrons.